The second kappa shape index (κ2) is 5.24. The molecule has 0 atom stereocenters. The fraction of sp³-hybridized carbons (Fsp3) is 0. The number of carbonyl (C=O) groups excluding carboxylic acids is 1. The molecule has 20 heavy (non-hydrogen) atoms. The zero-order valence-electron chi connectivity index (χ0n) is 10.1. The van der Waals surface area contributed by atoms with Gasteiger partial charge in [-0.25, -0.2) is 0 Å². The molecule has 3 aromatic rings. The van der Waals surface area contributed by atoms with Crippen molar-refractivity contribution in [3.63, 3.8) is 0 Å². The van der Waals surface area contributed by atoms with Crippen molar-refractivity contribution in [1.82, 2.24) is 4.98 Å². The summed E-state index contributed by atoms with van der Waals surface area (Å²) in [5.74, 6) is -0.0817. The fourth-order valence-corrected chi connectivity index (χ4v) is 3.16. The number of rotatable bonds is 2. The Labute approximate surface area is 133 Å². The zero-order chi connectivity index (χ0) is 14.3. The highest BCUT2D eigenvalue weighted by molar-refractivity contribution is 9.10. The van der Waals surface area contributed by atoms with Gasteiger partial charge in [0.05, 0.1) is 0 Å². The summed E-state index contributed by atoms with van der Waals surface area (Å²) in [5.41, 5.74) is 1.98. The molecule has 0 bridgehead atoms. The van der Waals surface area contributed by atoms with Gasteiger partial charge in [0.2, 0.25) is 0 Å². The van der Waals surface area contributed by atoms with E-state index in [0.29, 0.717) is 21.2 Å². The summed E-state index contributed by atoms with van der Waals surface area (Å²) in [6.07, 6.45) is 1.69. The Morgan fingerprint density at radius 2 is 1.85 bits per heavy atom. The van der Waals surface area contributed by atoms with Crippen molar-refractivity contribution < 1.29 is 4.79 Å². The zero-order valence-corrected chi connectivity index (χ0v) is 13.2. The van der Waals surface area contributed by atoms with Gasteiger partial charge in [0, 0.05) is 42.7 Å². The molecular weight excluding hydrogens is 361 g/mol. The van der Waals surface area contributed by atoms with Gasteiger partial charge in [-0.15, -0.1) is 0 Å². The Kier molecular flexibility index (Phi) is 3.59. The smallest absolute Gasteiger partial charge is 0.195 e. The van der Waals surface area contributed by atoms with Gasteiger partial charge >= 0.3 is 0 Å². The van der Waals surface area contributed by atoms with Gasteiger partial charge in [0.1, 0.15) is 0 Å². The van der Waals surface area contributed by atoms with Crippen LogP contribution in [-0.4, -0.2) is 10.8 Å². The first kappa shape index (κ1) is 13.7. The van der Waals surface area contributed by atoms with E-state index in [1.165, 1.54) is 0 Å². The Balaban J connectivity index is 2.12. The van der Waals surface area contributed by atoms with Crippen molar-refractivity contribution in [2.24, 2.45) is 0 Å². The van der Waals surface area contributed by atoms with E-state index in [4.69, 9.17) is 23.2 Å². The number of benzene rings is 2. The van der Waals surface area contributed by atoms with Crippen LogP contribution in [0.4, 0.5) is 0 Å². The highest BCUT2D eigenvalue weighted by Gasteiger charge is 2.15. The predicted molar refractivity (Wildman–Crippen MR) is 85.9 cm³/mol. The van der Waals surface area contributed by atoms with E-state index in [-0.39, 0.29) is 5.78 Å². The van der Waals surface area contributed by atoms with Gasteiger partial charge < -0.3 is 4.98 Å². The van der Waals surface area contributed by atoms with E-state index in [1.807, 2.05) is 6.07 Å². The Morgan fingerprint density at radius 1 is 1.05 bits per heavy atom. The van der Waals surface area contributed by atoms with Crippen molar-refractivity contribution in [3.8, 4) is 0 Å². The monoisotopic (exact) mass is 367 g/mol. The maximum atomic E-state index is 12.6. The average Bonchev–Trinajstić information content (AvgIpc) is 2.79. The molecule has 2 nitrogen and oxygen atoms in total. The summed E-state index contributed by atoms with van der Waals surface area (Å²) >= 11 is 15.3. The highest BCUT2D eigenvalue weighted by atomic mass is 79.9. The van der Waals surface area contributed by atoms with Crippen LogP contribution in [0.15, 0.2) is 47.1 Å². The first-order chi connectivity index (χ1) is 9.54. The van der Waals surface area contributed by atoms with Crippen LogP contribution in [0.25, 0.3) is 10.9 Å². The summed E-state index contributed by atoms with van der Waals surface area (Å²) in [6, 6.07) is 10.5. The lowest BCUT2D eigenvalue weighted by molar-refractivity contribution is 0.104. The summed E-state index contributed by atoms with van der Waals surface area (Å²) in [7, 11) is 0. The van der Waals surface area contributed by atoms with Gasteiger partial charge in [-0.3, -0.25) is 4.79 Å². The van der Waals surface area contributed by atoms with E-state index >= 15 is 0 Å². The lowest BCUT2D eigenvalue weighted by atomic mass is 10.0. The van der Waals surface area contributed by atoms with Crippen LogP contribution in [0, 0.1) is 0 Å². The van der Waals surface area contributed by atoms with E-state index in [0.717, 1.165) is 15.4 Å². The second-order valence-corrected chi connectivity index (χ2v) is 6.17. The topological polar surface area (TPSA) is 32.9 Å². The molecule has 3 rings (SSSR count). The summed E-state index contributed by atoms with van der Waals surface area (Å²) in [5, 5.41) is 1.99. The molecule has 0 fully saturated rings. The van der Waals surface area contributed by atoms with Crippen LogP contribution in [-0.2, 0) is 0 Å². The van der Waals surface area contributed by atoms with Gasteiger partial charge in [-0.1, -0.05) is 45.2 Å². The quantitative estimate of drug-likeness (QED) is 0.598. The number of fused-ring (bicyclic) bond motifs is 1. The summed E-state index contributed by atoms with van der Waals surface area (Å²) in [6.45, 7) is 0. The van der Waals surface area contributed by atoms with Crippen molar-refractivity contribution in [1.29, 1.82) is 0 Å². The van der Waals surface area contributed by atoms with E-state index in [2.05, 4.69) is 20.9 Å². The Bertz CT molecular complexity index is 806. The molecule has 0 spiro atoms. The molecule has 0 aliphatic heterocycles. The number of halogens is 3. The molecule has 100 valence electrons. The number of aromatic nitrogens is 1. The number of H-pyrrole nitrogens is 1. The van der Waals surface area contributed by atoms with Gasteiger partial charge in [0.25, 0.3) is 0 Å². The Hall–Kier alpha value is -1.29. The molecule has 1 aromatic heterocycles. The first-order valence-electron chi connectivity index (χ1n) is 5.82. The van der Waals surface area contributed by atoms with Crippen LogP contribution >= 0.6 is 39.1 Å². The molecule has 0 radical (unpaired) electrons. The lowest BCUT2D eigenvalue weighted by Crippen LogP contribution is -2.00. The number of ketones is 1. The molecule has 0 amide bonds. The standard InChI is InChI=1S/C15H8BrCl2NO/c16-9-3-8(4-11(18)5-9)15(20)13-7-19-14-6-10(17)1-2-12(13)14/h1-7,19H. The van der Waals surface area contributed by atoms with Crippen LogP contribution in [0.2, 0.25) is 10.0 Å². The van der Waals surface area contributed by atoms with Gasteiger partial charge in [-0.2, -0.15) is 0 Å². The number of aromatic amines is 1. The molecule has 0 saturated carbocycles. The van der Waals surface area contributed by atoms with Crippen LogP contribution in [0.5, 0.6) is 0 Å². The molecule has 0 aliphatic rings. The van der Waals surface area contributed by atoms with Crippen LogP contribution in [0.3, 0.4) is 0 Å². The first-order valence-corrected chi connectivity index (χ1v) is 7.37. The van der Waals surface area contributed by atoms with Crippen molar-refractivity contribution in [3.05, 3.63) is 68.2 Å². The molecular formula is C15H8BrCl2NO. The number of carbonyl (C=O) groups is 1. The normalized spacial score (nSPS) is 10.9. The molecule has 0 unspecified atom stereocenters. The van der Waals surface area contributed by atoms with Crippen molar-refractivity contribution in [2.45, 2.75) is 0 Å². The van der Waals surface area contributed by atoms with Gasteiger partial charge in [-0.05, 0) is 30.3 Å². The van der Waals surface area contributed by atoms with E-state index in [9.17, 15) is 4.79 Å². The lowest BCUT2D eigenvalue weighted by Gasteiger charge is -2.02. The summed E-state index contributed by atoms with van der Waals surface area (Å²) < 4.78 is 0.774. The largest absolute Gasteiger partial charge is 0.360 e. The Morgan fingerprint density at radius 3 is 2.60 bits per heavy atom. The minimum Gasteiger partial charge on any atom is -0.360 e. The third kappa shape index (κ3) is 2.49. The minimum atomic E-state index is -0.0817. The molecule has 5 heteroatoms. The SMILES string of the molecule is O=C(c1cc(Cl)cc(Br)c1)c1c[nH]c2cc(Cl)ccc12. The summed E-state index contributed by atoms with van der Waals surface area (Å²) in [4.78, 5) is 15.6. The average molecular weight is 369 g/mol. The van der Waals surface area contributed by atoms with E-state index < -0.39 is 0 Å². The molecule has 2 aromatic carbocycles. The van der Waals surface area contributed by atoms with Crippen LogP contribution in [0.1, 0.15) is 15.9 Å². The maximum absolute atomic E-state index is 12.6. The predicted octanol–water partition coefficient (Wildman–Crippen LogP) is 5.47. The van der Waals surface area contributed by atoms with Crippen molar-refractivity contribution >= 4 is 55.8 Å². The third-order valence-electron chi connectivity index (χ3n) is 3.01. The number of hydrogen-bond donors (Lipinski definition) is 1. The third-order valence-corrected chi connectivity index (χ3v) is 3.92. The van der Waals surface area contributed by atoms with Gasteiger partial charge in [0.15, 0.2) is 5.78 Å². The number of hydrogen-bond acceptors (Lipinski definition) is 1. The maximum Gasteiger partial charge on any atom is 0.195 e. The molecule has 1 N–H and O–H groups in total. The minimum absolute atomic E-state index is 0.0817. The fourth-order valence-electron chi connectivity index (χ4n) is 2.13. The molecule has 0 aliphatic carbocycles. The number of nitrogens with one attached hydrogen (secondary N) is 1. The second-order valence-electron chi connectivity index (χ2n) is 4.38. The van der Waals surface area contributed by atoms with E-state index in [1.54, 1.807) is 36.5 Å². The molecule has 0 saturated heterocycles. The van der Waals surface area contributed by atoms with Crippen LogP contribution < -0.4 is 0 Å². The molecule has 1 heterocycles. The van der Waals surface area contributed by atoms with Crippen molar-refractivity contribution in [2.75, 3.05) is 0 Å². The highest BCUT2D eigenvalue weighted by Crippen LogP contribution is 2.26.